The molecule has 0 aliphatic heterocycles. The smallest absolute Gasteiger partial charge is 0.123 e. The molecule has 0 amide bonds. The third kappa shape index (κ3) is 6.41. The molecule has 12 aromatic rings. The summed E-state index contributed by atoms with van der Waals surface area (Å²) in [5, 5.41) is 2.40. The standard InChI is InChI=1S/C65H40F2N4S/c66-45-13-9-11-43(35-45)41-21-25-49(26-22-41)70(47-15-3-1-4-16-47)51-29-30-52-58(37-51)65(56-31-33-68-39-54(56)55-40-69-34-32-57(55)65)59-38-60(64-63(62(52)59)53-19-7-8-20-61(53)72-64)71(48-17-5-2-6-18-48)50-27-23-42(24-28-50)44-12-10-14-46(67)36-44/h1-40H. The van der Waals surface area contributed by atoms with Gasteiger partial charge in [-0.05, 0) is 165 Å². The third-order valence-electron chi connectivity index (χ3n) is 14.5. The van der Waals surface area contributed by atoms with Gasteiger partial charge in [0.25, 0.3) is 0 Å². The molecule has 0 bridgehead atoms. The molecule has 0 saturated carbocycles. The van der Waals surface area contributed by atoms with Crippen molar-refractivity contribution >= 4 is 65.6 Å². The Morgan fingerprint density at radius 2 is 0.917 bits per heavy atom. The van der Waals surface area contributed by atoms with Gasteiger partial charge in [0.15, 0.2) is 0 Å². The molecule has 0 N–H and O–H groups in total. The van der Waals surface area contributed by atoms with E-state index in [0.29, 0.717) is 0 Å². The maximum atomic E-state index is 14.5. The van der Waals surface area contributed by atoms with Crippen LogP contribution in [0, 0.1) is 11.6 Å². The van der Waals surface area contributed by atoms with E-state index in [1.807, 2.05) is 54.3 Å². The molecule has 0 radical (unpaired) electrons. The molecule has 9 aromatic carbocycles. The summed E-state index contributed by atoms with van der Waals surface area (Å²) in [5.41, 5.74) is 17.9. The van der Waals surface area contributed by atoms with Gasteiger partial charge in [0.2, 0.25) is 0 Å². The van der Waals surface area contributed by atoms with Crippen molar-refractivity contribution in [2.45, 2.75) is 5.41 Å². The van der Waals surface area contributed by atoms with Crippen molar-refractivity contribution in [2.24, 2.45) is 0 Å². The molecule has 1 spiro atoms. The van der Waals surface area contributed by atoms with E-state index in [0.717, 1.165) is 78.6 Å². The molecular formula is C65H40F2N4S. The predicted octanol–water partition coefficient (Wildman–Crippen LogP) is 17.7. The topological polar surface area (TPSA) is 32.3 Å². The van der Waals surface area contributed by atoms with E-state index < -0.39 is 5.41 Å². The Morgan fingerprint density at radius 3 is 1.51 bits per heavy atom. The van der Waals surface area contributed by atoms with Gasteiger partial charge in [-0.15, -0.1) is 11.3 Å². The molecule has 0 unspecified atom stereocenters. The fraction of sp³-hybridized carbons (Fsp3) is 0.0154. The summed E-state index contributed by atoms with van der Waals surface area (Å²) in [6.07, 6.45) is 7.85. The van der Waals surface area contributed by atoms with E-state index in [2.05, 4.69) is 174 Å². The Bertz CT molecular complexity index is 4030. The van der Waals surface area contributed by atoms with E-state index >= 15 is 0 Å². The summed E-state index contributed by atoms with van der Waals surface area (Å²) < 4.78 is 31.3. The average molecular weight is 947 g/mol. The van der Waals surface area contributed by atoms with E-state index in [9.17, 15) is 8.78 Å². The van der Waals surface area contributed by atoms with Gasteiger partial charge in [-0.1, -0.05) is 109 Å². The van der Waals surface area contributed by atoms with Gasteiger partial charge in [-0.25, -0.2) is 8.78 Å². The number of aromatic nitrogens is 2. The van der Waals surface area contributed by atoms with Gasteiger partial charge in [0.05, 0.1) is 15.8 Å². The number of hydrogen-bond acceptors (Lipinski definition) is 5. The Kier molecular flexibility index (Phi) is 9.63. The fourth-order valence-corrected chi connectivity index (χ4v) is 12.8. The minimum Gasteiger partial charge on any atom is -0.310 e. The van der Waals surface area contributed by atoms with Gasteiger partial charge in [0, 0.05) is 79.8 Å². The molecule has 72 heavy (non-hydrogen) atoms. The number of hydrogen-bond donors (Lipinski definition) is 0. The van der Waals surface area contributed by atoms with Gasteiger partial charge in [-0.3, -0.25) is 9.97 Å². The Balaban J connectivity index is 1.05. The minimum atomic E-state index is -0.781. The lowest BCUT2D eigenvalue weighted by Crippen LogP contribution is -2.26. The Labute approximate surface area is 419 Å². The van der Waals surface area contributed by atoms with Gasteiger partial charge in [0.1, 0.15) is 11.6 Å². The molecule has 2 aliphatic rings. The van der Waals surface area contributed by atoms with E-state index in [1.54, 1.807) is 24.3 Å². The van der Waals surface area contributed by atoms with E-state index in [-0.39, 0.29) is 11.6 Å². The first-order valence-corrected chi connectivity index (χ1v) is 24.8. The van der Waals surface area contributed by atoms with Crippen molar-refractivity contribution in [3.8, 4) is 44.5 Å². The Morgan fingerprint density at radius 1 is 0.389 bits per heavy atom. The summed E-state index contributed by atoms with van der Waals surface area (Å²) in [7, 11) is 0. The second-order valence-corrected chi connectivity index (χ2v) is 19.5. The lowest BCUT2D eigenvalue weighted by molar-refractivity contribution is 0.628. The van der Waals surface area contributed by atoms with Crippen LogP contribution in [0.1, 0.15) is 22.3 Å². The molecule has 0 saturated heterocycles. The van der Waals surface area contributed by atoms with Crippen LogP contribution < -0.4 is 9.80 Å². The average Bonchev–Trinajstić information content (AvgIpc) is 4.07. The molecule has 0 fully saturated rings. The number of pyridine rings is 2. The third-order valence-corrected chi connectivity index (χ3v) is 15.7. The number of fused-ring (bicyclic) bond motifs is 14. The van der Waals surface area contributed by atoms with Crippen LogP contribution in [0.15, 0.2) is 243 Å². The summed E-state index contributed by atoms with van der Waals surface area (Å²) >= 11 is 1.82. The predicted molar refractivity (Wildman–Crippen MR) is 291 cm³/mol. The summed E-state index contributed by atoms with van der Waals surface area (Å²) in [6.45, 7) is 0. The maximum Gasteiger partial charge on any atom is 0.123 e. The molecule has 0 atom stereocenters. The van der Waals surface area contributed by atoms with Crippen LogP contribution in [-0.2, 0) is 5.41 Å². The zero-order chi connectivity index (χ0) is 47.9. The normalized spacial score (nSPS) is 12.7. The quantitative estimate of drug-likeness (QED) is 0.152. The van der Waals surface area contributed by atoms with Crippen LogP contribution in [-0.4, -0.2) is 9.97 Å². The number of thiophene rings is 1. The van der Waals surface area contributed by atoms with Crippen molar-refractivity contribution in [2.75, 3.05) is 9.80 Å². The van der Waals surface area contributed by atoms with Crippen molar-refractivity contribution in [1.29, 1.82) is 0 Å². The molecular weight excluding hydrogens is 907 g/mol. The SMILES string of the molecule is Fc1cccc(-c2ccc(N(c3ccccc3)c3ccc4c(c3)C3(c5ccncc5-c5cnccc53)c3cc(N(c5ccccc5)c5ccc(-c6cccc(F)c6)cc5)c5sc6ccccc6c5c3-4)cc2)c1. The van der Waals surface area contributed by atoms with Gasteiger partial charge >= 0.3 is 0 Å². The first-order valence-electron chi connectivity index (χ1n) is 24.0. The summed E-state index contributed by atoms with van der Waals surface area (Å²) in [6, 6.07) is 74.1. The number of halogens is 2. The van der Waals surface area contributed by atoms with Crippen molar-refractivity contribution in [3.05, 3.63) is 277 Å². The summed E-state index contributed by atoms with van der Waals surface area (Å²) in [5.74, 6) is -0.526. The monoisotopic (exact) mass is 946 g/mol. The minimum absolute atomic E-state index is 0.263. The molecule has 2 aliphatic carbocycles. The molecule has 7 heteroatoms. The van der Waals surface area contributed by atoms with Gasteiger partial charge < -0.3 is 9.80 Å². The number of nitrogens with zero attached hydrogens (tertiary/aromatic N) is 4. The molecule has 3 heterocycles. The van der Waals surface area contributed by atoms with Crippen LogP contribution in [0.25, 0.3) is 64.7 Å². The molecule has 14 rings (SSSR count). The van der Waals surface area contributed by atoms with Crippen LogP contribution in [0.2, 0.25) is 0 Å². The number of anilines is 6. The van der Waals surface area contributed by atoms with Crippen molar-refractivity contribution in [1.82, 2.24) is 9.97 Å². The second kappa shape index (κ2) is 16.5. The second-order valence-electron chi connectivity index (χ2n) is 18.4. The Hall–Kier alpha value is -9.04. The van der Waals surface area contributed by atoms with Crippen LogP contribution in [0.3, 0.4) is 0 Å². The van der Waals surface area contributed by atoms with Gasteiger partial charge in [-0.2, -0.15) is 0 Å². The first-order chi connectivity index (χ1) is 35.5. The number of para-hydroxylation sites is 2. The van der Waals surface area contributed by atoms with Crippen molar-refractivity contribution < 1.29 is 8.78 Å². The number of benzene rings is 9. The summed E-state index contributed by atoms with van der Waals surface area (Å²) in [4.78, 5) is 14.2. The van der Waals surface area contributed by atoms with E-state index in [4.69, 9.17) is 9.97 Å². The van der Waals surface area contributed by atoms with Crippen molar-refractivity contribution in [3.63, 3.8) is 0 Å². The maximum absolute atomic E-state index is 14.5. The number of rotatable bonds is 8. The van der Waals surface area contributed by atoms with Crippen LogP contribution in [0.4, 0.5) is 42.9 Å². The largest absolute Gasteiger partial charge is 0.310 e. The van der Waals surface area contributed by atoms with Crippen LogP contribution in [0.5, 0.6) is 0 Å². The molecule has 3 aromatic heterocycles. The zero-order valence-electron chi connectivity index (χ0n) is 38.5. The fourth-order valence-electron chi connectivity index (χ4n) is 11.5. The van der Waals surface area contributed by atoms with Crippen LogP contribution >= 0.6 is 11.3 Å². The highest BCUT2D eigenvalue weighted by Gasteiger charge is 2.53. The lowest BCUT2D eigenvalue weighted by Gasteiger charge is -2.33. The molecule has 340 valence electrons. The lowest BCUT2D eigenvalue weighted by atomic mass is 9.70. The zero-order valence-corrected chi connectivity index (χ0v) is 39.4. The molecule has 4 nitrogen and oxygen atoms in total. The highest BCUT2D eigenvalue weighted by atomic mass is 32.1. The highest BCUT2D eigenvalue weighted by Crippen LogP contribution is 2.66. The first kappa shape index (κ1) is 41.9. The highest BCUT2D eigenvalue weighted by molar-refractivity contribution is 7.26. The van der Waals surface area contributed by atoms with E-state index in [1.165, 1.54) is 54.6 Å².